The van der Waals surface area contributed by atoms with Gasteiger partial charge in [-0.3, -0.25) is 0 Å². The molecule has 0 saturated heterocycles. The first-order valence-electron chi connectivity index (χ1n) is 6.06. The number of rotatable bonds is 5. The van der Waals surface area contributed by atoms with Gasteiger partial charge in [-0.1, -0.05) is 54.9 Å². The fraction of sp³-hybridized carbons (Fsp3) is 0.571. The third-order valence-electron chi connectivity index (χ3n) is 3.65. The maximum Gasteiger partial charge on any atom is 0.0672 e. The predicted octanol–water partition coefficient (Wildman–Crippen LogP) is 3.29. The average Bonchev–Trinajstić information content (AvgIpc) is 2.32. The van der Waals surface area contributed by atoms with Crippen molar-refractivity contribution >= 4 is 15.9 Å². The minimum atomic E-state index is -0.434. The lowest BCUT2D eigenvalue weighted by molar-refractivity contribution is 0.0263. The van der Waals surface area contributed by atoms with Crippen molar-refractivity contribution in [3.63, 3.8) is 0 Å². The zero-order valence-corrected chi connectivity index (χ0v) is 12.4. The molecular weight excluding hydrogens is 278 g/mol. The van der Waals surface area contributed by atoms with Crippen LogP contribution in [0.4, 0.5) is 0 Å². The van der Waals surface area contributed by atoms with Gasteiger partial charge in [0.25, 0.3) is 0 Å². The molecule has 0 aliphatic heterocycles. The number of halogens is 1. The highest BCUT2D eigenvalue weighted by atomic mass is 79.9. The van der Waals surface area contributed by atoms with Crippen LogP contribution in [0, 0.1) is 5.41 Å². The molecule has 0 bridgehead atoms. The Bertz CT molecular complexity index is 365. The molecule has 2 nitrogen and oxygen atoms in total. The van der Waals surface area contributed by atoms with Gasteiger partial charge in [0.15, 0.2) is 0 Å². The zero-order chi connectivity index (χ0) is 13.1. The first-order valence-corrected chi connectivity index (χ1v) is 6.86. The Balaban J connectivity index is 3.04. The van der Waals surface area contributed by atoms with Crippen molar-refractivity contribution < 1.29 is 5.11 Å². The smallest absolute Gasteiger partial charge is 0.0672 e. The second-order valence-corrected chi connectivity index (χ2v) is 6.01. The normalized spacial score (nSPS) is 15.6. The van der Waals surface area contributed by atoms with E-state index in [1.165, 1.54) is 0 Å². The lowest BCUT2D eigenvalue weighted by atomic mass is 9.75. The monoisotopic (exact) mass is 299 g/mol. The number of hydrogen-bond acceptors (Lipinski definition) is 2. The van der Waals surface area contributed by atoms with Crippen LogP contribution < -0.4 is 5.73 Å². The Labute approximate surface area is 112 Å². The van der Waals surface area contributed by atoms with E-state index < -0.39 is 6.10 Å². The van der Waals surface area contributed by atoms with Gasteiger partial charge in [0, 0.05) is 16.9 Å². The Hall–Kier alpha value is -0.380. The average molecular weight is 300 g/mol. The standard InChI is InChI=1S/C14H22BrNO/c1-4-14(2,3)13(17)11(9-16)10-7-5-6-8-12(10)15/h5-8,11,13,17H,4,9,16H2,1-3H3. The van der Waals surface area contributed by atoms with Gasteiger partial charge >= 0.3 is 0 Å². The topological polar surface area (TPSA) is 46.2 Å². The van der Waals surface area contributed by atoms with Gasteiger partial charge in [-0.05, 0) is 23.5 Å². The van der Waals surface area contributed by atoms with E-state index in [9.17, 15) is 5.11 Å². The minimum Gasteiger partial charge on any atom is -0.392 e. The summed E-state index contributed by atoms with van der Waals surface area (Å²) in [5.41, 5.74) is 6.81. The molecule has 0 spiro atoms. The molecule has 3 N–H and O–H groups in total. The van der Waals surface area contributed by atoms with Crippen LogP contribution in [0.3, 0.4) is 0 Å². The molecule has 3 heteroatoms. The fourth-order valence-corrected chi connectivity index (χ4v) is 2.53. The van der Waals surface area contributed by atoms with E-state index in [-0.39, 0.29) is 11.3 Å². The summed E-state index contributed by atoms with van der Waals surface area (Å²) in [6.45, 7) is 6.71. The van der Waals surface area contributed by atoms with Gasteiger partial charge in [-0.25, -0.2) is 0 Å². The molecule has 0 aliphatic carbocycles. The van der Waals surface area contributed by atoms with Gasteiger partial charge in [-0.15, -0.1) is 0 Å². The van der Waals surface area contributed by atoms with Gasteiger partial charge < -0.3 is 10.8 Å². The molecule has 2 unspecified atom stereocenters. The van der Waals surface area contributed by atoms with Crippen molar-refractivity contribution in [2.75, 3.05) is 6.54 Å². The molecule has 0 heterocycles. The van der Waals surface area contributed by atoms with Crippen molar-refractivity contribution in [1.82, 2.24) is 0 Å². The Kier molecular flexibility index (Phi) is 5.17. The highest BCUT2D eigenvalue weighted by Gasteiger charge is 2.33. The van der Waals surface area contributed by atoms with E-state index in [0.717, 1.165) is 16.5 Å². The predicted molar refractivity (Wildman–Crippen MR) is 76.0 cm³/mol. The first-order chi connectivity index (χ1) is 7.94. The molecule has 17 heavy (non-hydrogen) atoms. The Morgan fingerprint density at radius 3 is 2.41 bits per heavy atom. The van der Waals surface area contributed by atoms with E-state index >= 15 is 0 Å². The second-order valence-electron chi connectivity index (χ2n) is 5.15. The largest absolute Gasteiger partial charge is 0.392 e. The summed E-state index contributed by atoms with van der Waals surface area (Å²) in [5.74, 6) is -0.0273. The summed E-state index contributed by atoms with van der Waals surface area (Å²) in [7, 11) is 0. The van der Waals surface area contributed by atoms with Crippen LogP contribution in [-0.2, 0) is 0 Å². The minimum absolute atomic E-state index is 0.0273. The van der Waals surface area contributed by atoms with Crippen LogP contribution in [0.1, 0.15) is 38.7 Å². The van der Waals surface area contributed by atoms with Gasteiger partial charge in [-0.2, -0.15) is 0 Å². The molecule has 0 fully saturated rings. The van der Waals surface area contributed by atoms with Crippen molar-refractivity contribution in [3.8, 4) is 0 Å². The lowest BCUT2D eigenvalue weighted by Gasteiger charge is -2.35. The van der Waals surface area contributed by atoms with Crippen LogP contribution in [0.25, 0.3) is 0 Å². The number of aliphatic hydroxyl groups excluding tert-OH is 1. The van der Waals surface area contributed by atoms with Crippen molar-refractivity contribution in [3.05, 3.63) is 34.3 Å². The molecule has 0 amide bonds. The summed E-state index contributed by atoms with van der Waals surface area (Å²) >= 11 is 3.53. The van der Waals surface area contributed by atoms with E-state index in [1.807, 2.05) is 24.3 Å². The van der Waals surface area contributed by atoms with Crippen LogP contribution in [0.5, 0.6) is 0 Å². The Morgan fingerprint density at radius 1 is 1.35 bits per heavy atom. The first kappa shape index (κ1) is 14.7. The molecular formula is C14H22BrNO. The fourth-order valence-electron chi connectivity index (χ4n) is 1.96. The van der Waals surface area contributed by atoms with Crippen molar-refractivity contribution in [2.24, 2.45) is 11.1 Å². The molecule has 0 radical (unpaired) electrons. The lowest BCUT2D eigenvalue weighted by Crippen LogP contribution is -2.37. The summed E-state index contributed by atoms with van der Waals surface area (Å²) in [5, 5.41) is 10.5. The highest BCUT2D eigenvalue weighted by Crippen LogP contribution is 2.36. The van der Waals surface area contributed by atoms with E-state index in [0.29, 0.717) is 6.54 Å². The quantitative estimate of drug-likeness (QED) is 0.876. The molecule has 0 aliphatic rings. The Morgan fingerprint density at radius 2 is 1.94 bits per heavy atom. The van der Waals surface area contributed by atoms with E-state index in [4.69, 9.17) is 5.73 Å². The molecule has 96 valence electrons. The SMILES string of the molecule is CCC(C)(C)C(O)C(CN)c1ccccc1Br. The van der Waals surface area contributed by atoms with E-state index in [2.05, 4.69) is 36.7 Å². The number of nitrogens with two attached hydrogens (primary N) is 1. The molecule has 0 saturated carbocycles. The van der Waals surface area contributed by atoms with Crippen molar-refractivity contribution in [2.45, 2.75) is 39.2 Å². The maximum absolute atomic E-state index is 10.5. The molecule has 1 aromatic carbocycles. The summed E-state index contributed by atoms with van der Waals surface area (Å²) < 4.78 is 1.02. The number of hydrogen-bond donors (Lipinski definition) is 2. The number of benzene rings is 1. The number of aliphatic hydroxyl groups is 1. The molecule has 2 atom stereocenters. The zero-order valence-electron chi connectivity index (χ0n) is 10.8. The summed E-state index contributed by atoms with van der Waals surface area (Å²) in [6.07, 6.45) is 0.492. The summed E-state index contributed by atoms with van der Waals surface area (Å²) in [6, 6.07) is 7.97. The van der Waals surface area contributed by atoms with Gasteiger partial charge in [0.05, 0.1) is 6.10 Å². The third kappa shape index (κ3) is 3.30. The molecule has 0 aromatic heterocycles. The summed E-state index contributed by atoms with van der Waals surface area (Å²) in [4.78, 5) is 0. The highest BCUT2D eigenvalue weighted by molar-refractivity contribution is 9.10. The third-order valence-corrected chi connectivity index (χ3v) is 4.37. The van der Waals surface area contributed by atoms with E-state index in [1.54, 1.807) is 0 Å². The van der Waals surface area contributed by atoms with Crippen LogP contribution in [-0.4, -0.2) is 17.8 Å². The molecule has 1 aromatic rings. The molecule has 1 rings (SSSR count). The van der Waals surface area contributed by atoms with Crippen LogP contribution >= 0.6 is 15.9 Å². The van der Waals surface area contributed by atoms with Gasteiger partial charge in [0.1, 0.15) is 0 Å². The maximum atomic E-state index is 10.5. The van der Waals surface area contributed by atoms with Crippen LogP contribution in [0.15, 0.2) is 28.7 Å². The van der Waals surface area contributed by atoms with Crippen molar-refractivity contribution in [1.29, 1.82) is 0 Å². The van der Waals surface area contributed by atoms with Gasteiger partial charge in [0.2, 0.25) is 0 Å². The second kappa shape index (κ2) is 5.98. The van der Waals surface area contributed by atoms with Crippen LogP contribution in [0.2, 0.25) is 0 Å².